The first kappa shape index (κ1) is 16.4. The fraction of sp³-hybridized carbons (Fsp3) is 0.750. The van der Waals surface area contributed by atoms with Gasteiger partial charge in [-0.05, 0) is 5.92 Å². The summed E-state index contributed by atoms with van der Waals surface area (Å²) in [4.78, 5) is 34.5. The summed E-state index contributed by atoms with van der Waals surface area (Å²) in [5, 5.41) is 17.4. The fourth-order valence-electron chi connectivity index (χ4n) is 1.44. The van der Waals surface area contributed by atoms with Gasteiger partial charge in [-0.15, -0.1) is 0 Å². The van der Waals surface area contributed by atoms with Gasteiger partial charge in [0.2, 0.25) is 5.91 Å². The Balaban J connectivity index is 4.55. The smallest absolute Gasteiger partial charge is 0.308 e. The second-order valence-corrected chi connectivity index (χ2v) is 4.82. The predicted molar refractivity (Wildman–Crippen MR) is 65.1 cm³/mol. The predicted octanol–water partition coefficient (Wildman–Crippen LogP) is 1.06. The van der Waals surface area contributed by atoms with Crippen molar-refractivity contribution in [3.05, 3.63) is 0 Å². The second kappa shape index (κ2) is 7.68. The van der Waals surface area contributed by atoms with Crippen LogP contribution in [0.4, 0.5) is 0 Å². The van der Waals surface area contributed by atoms with E-state index < -0.39 is 17.9 Å². The largest absolute Gasteiger partial charge is 0.481 e. The van der Waals surface area contributed by atoms with E-state index >= 15 is 0 Å². The van der Waals surface area contributed by atoms with Gasteiger partial charge in [0.25, 0.3) is 0 Å². The summed E-state index contributed by atoms with van der Waals surface area (Å²) in [7, 11) is 0. The average Bonchev–Trinajstić information content (AvgIpc) is 2.21. The number of hydrogen-bond acceptors (Lipinski definition) is 3. The molecule has 2 N–H and O–H groups in total. The van der Waals surface area contributed by atoms with Crippen LogP contribution in [0.25, 0.3) is 0 Å². The topological polar surface area (TPSA) is 94.9 Å². The molecule has 104 valence electrons. The number of carbonyl (C=O) groups is 3. The van der Waals surface area contributed by atoms with E-state index in [-0.39, 0.29) is 31.3 Å². The molecule has 6 nitrogen and oxygen atoms in total. The van der Waals surface area contributed by atoms with Gasteiger partial charge in [0.15, 0.2) is 0 Å². The summed E-state index contributed by atoms with van der Waals surface area (Å²) in [6.45, 7) is 5.37. The lowest BCUT2D eigenvalue weighted by Crippen LogP contribution is -2.38. The minimum Gasteiger partial charge on any atom is -0.481 e. The molecule has 0 rings (SSSR count). The Labute approximate surface area is 107 Å². The molecule has 1 amide bonds. The van der Waals surface area contributed by atoms with Crippen LogP contribution >= 0.6 is 0 Å². The highest BCUT2D eigenvalue weighted by Gasteiger charge is 2.21. The molecule has 6 heteroatoms. The monoisotopic (exact) mass is 259 g/mol. The van der Waals surface area contributed by atoms with Gasteiger partial charge in [0.05, 0.1) is 12.3 Å². The molecule has 1 atom stereocenters. The quantitative estimate of drug-likeness (QED) is 0.679. The number of nitrogens with zero attached hydrogens (tertiary/aromatic N) is 1. The summed E-state index contributed by atoms with van der Waals surface area (Å²) in [6.07, 6.45) is 0.127. The van der Waals surface area contributed by atoms with Crippen LogP contribution in [0.1, 0.15) is 33.6 Å². The van der Waals surface area contributed by atoms with Crippen LogP contribution in [0, 0.1) is 11.8 Å². The molecule has 1 unspecified atom stereocenters. The number of amides is 1. The molecule has 0 fully saturated rings. The Hall–Kier alpha value is -1.59. The van der Waals surface area contributed by atoms with Crippen LogP contribution in [0.2, 0.25) is 0 Å². The van der Waals surface area contributed by atoms with Gasteiger partial charge < -0.3 is 15.1 Å². The van der Waals surface area contributed by atoms with E-state index in [0.717, 1.165) is 0 Å². The maximum atomic E-state index is 11.9. The van der Waals surface area contributed by atoms with E-state index in [0.29, 0.717) is 6.42 Å². The SMILES string of the molecule is CC(C)CC(=O)N(CCC(=O)O)CC(C)C(=O)O. The van der Waals surface area contributed by atoms with Crippen molar-refractivity contribution in [2.24, 2.45) is 11.8 Å². The van der Waals surface area contributed by atoms with E-state index in [2.05, 4.69) is 0 Å². The molecular weight excluding hydrogens is 238 g/mol. The first-order chi connectivity index (χ1) is 8.23. The summed E-state index contributed by atoms with van der Waals surface area (Å²) in [6, 6.07) is 0. The molecule has 0 spiro atoms. The van der Waals surface area contributed by atoms with Crippen molar-refractivity contribution in [1.82, 2.24) is 4.90 Å². The van der Waals surface area contributed by atoms with Crippen LogP contribution in [0.5, 0.6) is 0 Å². The highest BCUT2D eigenvalue weighted by Crippen LogP contribution is 2.08. The molecule has 0 saturated heterocycles. The summed E-state index contributed by atoms with van der Waals surface area (Å²) in [5.74, 6) is -2.73. The normalized spacial score (nSPS) is 12.2. The van der Waals surface area contributed by atoms with Crippen LogP contribution < -0.4 is 0 Å². The van der Waals surface area contributed by atoms with Crippen molar-refractivity contribution >= 4 is 17.8 Å². The molecule has 0 aliphatic rings. The van der Waals surface area contributed by atoms with E-state index in [1.54, 1.807) is 0 Å². The maximum Gasteiger partial charge on any atom is 0.308 e. The number of carboxylic acids is 2. The van der Waals surface area contributed by atoms with Gasteiger partial charge in [-0.2, -0.15) is 0 Å². The molecule has 0 saturated carbocycles. The highest BCUT2D eigenvalue weighted by atomic mass is 16.4. The molecule has 0 heterocycles. The van der Waals surface area contributed by atoms with Gasteiger partial charge in [-0.1, -0.05) is 20.8 Å². The Morgan fingerprint density at radius 3 is 2.06 bits per heavy atom. The third-order valence-corrected chi connectivity index (χ3v) is 2.45. The van der Waals surface area contributed by atoms with Gasteiger partial charge in [-0.3, -0.25) is 14.4 Å². The number of aliphatic carboxylic acids is 2. The third kappa shape index (κ3) is 6.88. The van der Waals surface area contributed by atoms with E-state index in [1.807, 2.05) is 13.8 Å². The average molecular weight is 259 g/mol. The zero-order valence-electron chi connectivity index (χ0n) is 11.0. The van der Waals surface area contributed by atoms with Gasteiger partial charge in [-0.25, -0.2) is 0 Å². The van der Waals surface area contributed by atoms with E-state index in [4.69, 9.17) is 10.2 Å². The van der Waals surface area contributed by atoms with Gasteiger partial charge in [0.1, 0.15) is 0 Å². The zero-order chi connectivity index (χ0) is 14.3. The summed E-state index contributed by atoms with van der Waals surface area (Å²) in [5.41, 5.74) is 0. The van der Waals surface area contributed by atoms with Crippen molar-refractivity contribution in [3.8, 4) is 0 Å². The highest BCUT2D eigenvalue weighted by molar-refractivity contribution is 5.78. The molecule has 18 heavy (non-hydrogen) atoms. The van der Waals surface area contributed by atoms with Gasteiger partial charge >= 0.3 is 11.9 Å². The minimum absolute atomic E-state index is 0.0498. The molecule has 0 aliphatic heterocycles. The Morgan fingerprint density at radius 1 is 1.11 bits per heavy atom. The maximum absolute atomic E-state index is 11.9. The number of hydrogen-bond donors (Lipinski definition) is 2. The Morgan fingerprint density at radius 2 is 1.67 bits per heavy atom. The molecule has 0 aromatic heterocycles. The van der Waals surface area contributed by atoms with Crippen LogP contribution in [-0.2, 0) is 14.4 Å². The van der Waals surface area contributed by atoms with Gasteiger partial charge in [0, 0.05) is 19.5 Å². The van der Waals surface area contributed by atoms with Crippen molar-refractivity contribution in [2.75, 3.05) is 13.1 Å². The van der Waals surface area contributed by atoms with Crippen LogP contribution in [0.15, 0.2) is 0 Å². The van der Waals surface area contributed by atoms with Crippen molar-refractivity contribution < 1.29 is 24.6 Å². The van der Waals surface area contributed by atoms with Crippen molar-refractivity contribution in [3.63, 3.8) is 0 Å². The third-order valence-electron chi connectivity index (χ3n) is 2.45. The summed E-state index contributed by atoms with van der Waals surface area (Å²) >= 11 is 0. The number of carbonyl (C=O) groups excluding carboxylic acids is 1. The Bertz CT molecular complexity index is 314. The molecule has 0 aromatic rings. The number of rotatable bonds is 8. The summed E-state index contributed by atoms with van der Waals surface area (Å²) < 4.78 is 0. The zero-order valence-corrected chi connectivity index (χ0v) is 11.0. The molecule has 0 radical (unpaired) electrons. The van der Waals surface area contributed by atoms with Crippen LogP contribution in [0.3, 0.4) is 0 Å². The molecule has 0 aromatic carbocycles. The lowest BCUT2D eigenvalue weighted by atomic mass is 10.1. The standard InChI is InChI=1S/C12H21NO5/c1-8(2)6-10(14)13(5-4-11(15)16)7-9(3)12(17)18/h8-9H,4-7H2,1-3H3,(H,15,16)(H,17,18). The van der Waals surface area contributed by atoms with Crippen molar-refractivity contribution in [1.29, 1.82) is 0 Å². The second-order valence-electron chi connectivity index (χ2n) is 4.82. The van der Waals surface area contributed by atoms with E-state index in [1.165, 1.54) is 11.8 Å². The van der Waals surface area contributed by atoms with E-state index in [9.17, 15) is 14.4 Å². The Kier molecular flexibility index (Phi) is 7.00. The first-order valence-electron chi connectivity index (χ1n) is 5.96. The molecule has 0 aliphatic carbocycles. The lowest BCUT2D eigenvalue weighted by Gasteiger charge is -2.24. The lowest BCUT2D eigenvalue weighted by molar-refractivity contribution is -0.143. The fourth-order valence-corrected chi connectivity index (χ4v) is 1.44. The molecular formula is C12H21NO5. The molecule has 0 bridgehead atoms. The minimum atomic E-state index is -1.000. The number of carboxylic acid groups (broad SMARTS) is 2. The first-order valence-corrected chi connectivity index (χ1v) is 5.96. The van der Waals surface area contributed by atoms with Crippen molar-refractivity contribution in [2.45, 2.75) is 33.6 Å². The van der Waals surface area contributed by atoms with Crippen LogP contribution in [-0.4, -0.2) is 46.0 Å².